The number of ether oxygens (including phenoxy) is 1. The van der Waals surface area contributed by atoms with E-state index in [2.05, 4.69) is 20.2 Å². The lowest BCUT2D eigenvalue weighted by molar-refractivity contribution is 0.0398. The molecule has 0 atom stereocenters. The molecule has 1 aromatic rings. The standard InChI is InChI=1S/C14H22N4O/c1-2-4-13-12(3-1)14(17-11-16-13)15-5-6-18-7-9-19-10-8-18/h11H,1-10H2,(H,15,16,17). The van der Waals surface area contributed by atoms with Gasteiger partial charge < -0.3 is 10.1 Å². The third-order valence-corrected chi connectivity index (χ3v) is 3.95. The molecule has 0 spiro atoms. The maximum atomic E-state index is 5.36. The Balaban J connectivity index is 1.54. The summed E-state index contributed by atoms with van der Waals surface area (Å²) < 4.78 is 5.36. The number of hydrogen-bond acceptors (Lipinski definition) is 5. The lowest BCUT2D eigenvalue weighted by atomic mass is 9.96. The van der Waals surface area contributed by atoms with Crippen LogP contribution in [0.25, 0.3) is 0 Å². The summed E-state index contributed by atoms with van der Waals surface area (Å²) in [6.45, 7) is 5.82. The molecule has 0 bridgehead atoms. The van der Waals surface area contributed by atoms with Gasteiger partial charge in [0.15, 0.2) is 0 Å². The van der Waals surface area contributed by atoms with Crippen LogP contribution < -0.4 is 5.32 Å². The van der Waals surface area contributed by atoms with Crippen LogP contribution in [-0.4, -0.2) is 54.3 Å². The monoisotopic (exact) mass is 262 g/mol. The van der Waals surface area contributed by atoms with Crippen LogP contribution in [0.4, 0.5) is 5.82 Å². The summed E-state index contributed by atoms with van der Waals surface area (Å²) in [6.07, 6.45) is 6.45. The van der Waals surface area contributed by atoms with Crippen LogP contribution in [0.5, 0.6) is 0 Å². The van der Waals surface area contributed by atoms with Gasteiger partial charge >= 0.3 is 0 Å². The summed E-state index contributed by atoms with van der Waals surface area (Å²) in [5.41, 5.74) is 2.59. The summed E-state index contributed by atoms with van der Waals surface area (Å²) in [5, 5.41) is 3.49. The first-order chi connectivity index (χ1) is 9.43. The summed E-state index contributed by atoms with van der Waals surface area (Å²) in [4.78, 5) is 11.2. The normalized spacial score (nSPS) is 20.0. The molecular weight excluding hydrogens is 240 g/mol. The van der Waals surface area contributed by atoms with Gasteiger partial charge in [-0.15, -0.1) is 0 Å². The molecule has 0 saturated carbocycles. The molecule has 0 unspecified atom stereocenters. The number of nitrogens with one attached hydrogen (secondary N) is 1. The third kappa shape index (κ3) is 3.22. The molecule has 1 aliphatic heterocycles. The Kier molecular flexibility index (Phi) is 4.25. The van der Waals surface area contributed by atoms with Crippen LogP contribution in [0, 0.1) is 0 Å². The minimum absolute atomic E-state index is 0.864. The van der Waals surface area contributed by atoms with Crippen molar-refractivity contribution >= 4 is 5.82 Å². The molecule has 1 N–H and O–H groups in total. The summed E-state index contributed by atoms with van der Waals surface area (Å²) in [7, 11) is 0. The highest BCUT2D eigenvalue weighted by molar-refractivity contribution is 5.46. The van der Waals surface area contributed by atoms with Gasteiger partial charge in [-0.3, -0.25) is 4.90 Å². The number of rotatable bonds is 4. The van der Waals surface area contributed by atoms with Gasteiger partial charge in [-0.25, -0.2) is 9.97 Å². The number of anilines is 1. The molecule has 5 nitrogen and oxygen atoms in total. The molecule has 2 aliphatic rings. The zero-order valence-corrected chi connectivity index (χ0v) is 11.4. The second-order valence-corrected chi connectivity index (χ2v) is 5.24. The minimum Gasteiger partial charge on any atom is -0.379 e. The minimum atomic E-state index is 0.864. The Bertz CT molecular complexity index is 418. The second kappa shape index (κ2) is 6.30. The van der Waals surface area contributed by atoms with Crippen LogP contribution >= 0.6 is 0 Å². The average molecular weight is 262 g/mol. The van der Waals surface area contributed by atoms with Crippen molar-refractivity contribution in [3.8, 4) is 0 Å². The van der Waals surface area contributed by atoms with Gasteiger partial charge in [-0.2, -0.15) is 0 Å². The summed E-state index contributed by atoms with van der Waals surface area (Å²) in [5.74, 6) is 1.05. The lowest BCUT2D eigenvalue weighted by Crippen LogP contribution is -2.39. The first-order valence-electron chi connectivity index (χ1n) is 7.30. The molecule has 1 saturated heterocycles. The molecule has 5 heteroatoms. The van der Waals surface area contributed by atoms with Crippen molar-refractivity contribution in [2.45, 2.75) is 25.7 Å². The number of nitrogens with zero attached hydrogens (tertiary/aromatic N) is 3. The molecule has 1 aromatic heterocycles. The van der Waals surface area contributed by atoms with Crippen LogP contribution in [-0.2, 0) is 17.6 Å². The van der Waals surface area contributed by atoms with Crippen molar-refractivity contribution in [1.29, 1.82) is 0 Å². The van der Waals surface area contributed by atoms with E-state index in [0.717, 1.165) is 58.1 Å². The van der Waals surface area contributed by atoms with E-state index in [9.17, 15) is 0 Å². The van der Waals surface area contributed by atoms with E-state index in [1.54, 1.807) is 6.33 Å². The van der Waals surface area contributed by atoms with Crippen molar-refractivity contribution < 1.29 is 4.74 Å². The predicted molar refractivity (Wildman–Crippen MR) is 74.4 cm³/mol. The Morgan fingerprint density at radius 2 is 2.00 bits per heavy atom. The van der Waals surface area contributed by atoms with Gasteiger partial charge in [0.1, 0.15) is 12.1 Å². The molecule has 0 aromatic carbocycles. The predicted octanol–water partition coefficient (Wildman–Crippen LogP) is 1.10. The molecule has 0 amide bonds. The van der Waals surface area contributed by atoms with E-state index in [0.29, 0.717) is 0 Å². The fraction of sp³-hybridized carbons (Fsp3) is 0.714. The zero-order chi connectivity index (χ0) is 12.9. The molecule has 1 aliphatic carbocycles. The van der Waals surface area contributed by atoms with Crippen molar-refractivity contribution in [1.82, 2.24) is 14.9 Å². The highest BCUT2D eigenvalue weighted by Gasteiger charge is 2.15. The maximum absolute atomic E-state index is 5.36. The highest BCUT2D eigenvalue weighted by atomic mass is 16.5. The number of fused-ring (bicyclic) bond motifs is 1. The first-order valence-corrected chi connectivity index (χ1v) is 7.30. The van der Waals surface area contributed by atoms with E-state index >= 15 is 0 Å². The number of aromatic nitrogens is 2. The van der Waals surface area contributed by atoms with E-state index in [1.165, 1.54) is 24.1 Å². The fourth-order valence-corrected chi connectivity index (χ4v) is 2.83. The molecule has 104 valence electrons. The van der Waals surface area contributed by atoms with Gasteiger partial charge in [-0.1, -0.05) is 0 Å². The van der Waals surface area contributed by atoms with Crippen molar-refractivity contribution in [2.75, 3.05) is 44.7 Å². The Labute approximate surface area is 114 Å². The van der Waals surface area contributed by atoms with E-state index < -0.39 is 0 Å². The van der Waals surface area contributed by atoms with Gasteiger partial charge in [0, 0.05) is 37.4 Å². The fourth-order valence-electron chi connectivity index (χ4n) is 2.83. The Morgan fingerprint density at radius 3 is 2.89 bits per heavy atom. The second-order valence-electron chi connectivity index (χ2n) is 5.24. The van der Waals surface area contributed by atoms with Crippen LogP contribution in [0.1, 0.15) is 24.1 Å². The number of morpholine rings is 1. The van der Waals surface area contributed by atoms with Crippen molar-refractivity contribution in [2.24, 2.45) is 0 Å². The smallest absolute Gasteiger partial charge is 0.132 e. The molecular formula is C14H22N4O. The molecule has 3 rings (SSSR count). The SMILES string of the molecule is c1nc2c(c(NCCN3CCOCC3)n1)CCCC2. The summed E-state index contributed by atoms with van der Waals surface area (Å²) >= 11 is 0. The van der Waals surface area contributed by atoms with E-state index in [-0.39, 0.29) is 0 Å². The van der Waals surface area contributed by atoms with Crippen LogP contribution in [0.2, 0.25) is 0 Å². The molecule has 2 heterocycles. The molecule has 19 heavy (non-hydrogen) atoms. The Hall–Kier alpha value is -1.20. The van der Waals surface area contributed by atoms with Crippen molar-refractivity contribution in [3.63, 3.8) is 0 Å². The average Bonchev–Trinajstić information content (AvgIpc) is 2.49. The highest BCUT2D eigenvalue weighted by Crippen LogP contribution is 2.24. The van der Waals surface area contributed by atoms with Crippen molar-refractivity contribution in [3.05, 3.63) is 17.6 Å². The zero-order valence-electron chi connectivity index (χ0n) is 11.4. The first kappa shape index (κ1) is 12.8. The largest absolute Gasteiger partial charge is 0.379 e. The van der Waals surface area contributed by atoms with Gasteiger partial charge in [0.2, 0.25) is 0 Å². The van der Waals surface area contributed by atoms with Gasteiger partial charge in [-0.05, 0) is 25.7 Å². The topological polar surface area (TPSA) is 50.3 Å². The van der Waals surface area contributed by atoms with Crippen LogP contribution in [0.3, 0.4) is 0 Å². The number of hydrogen-bond donors (Lipinski definition) is 1. The van der Waals surface area contributed by atoms with Gasteiger partial charge in [0.25, 0.3) is 0 Å². The van der Waals surface area contributed by atoms with E-state index in [4.69, 9.17) is 4.74 Å². The third-order valence-electron chi connectivity index (χ3n) is 3.95. The summed E-state index contributed by atoms with van der Waals surface area (Å²) in [6, 6.07) is 0. The Morgan fingerprint density at radius 1 is 1.16 bits per heavy atom. The van der Waals surface area contributed by atoms with Gasteiger partial charge in [0.05, 0.1) is 13.2 Å². The van der Waals surface area contributed by atoms with Crippen LogP contribution in [0.15, 0.2) is 6.33 Å². The molecule has 1 fully saturated rings. The molecule has 0 radical (unpaired) electrons. The lowest BCUT2D eigenvalue weighted by Gasteiger charge is -2.27. The maximum Gasteiger partial charge on any atom is 0.132 e. The number of aryl methyl sites for hydroxylation is 1. The van der Waals surface area contributed by atoms with E-state index in [1.807, 2.05) is 0 Å². The quantitative estimate of drug-likeness (QED) is 0.880.